The number of carboxylic acids is 1. The molecule has 0 saturated heterocycles. The first kappa shape index (κ1) is 21.4. The van der Waals surface area contributed by atoms with Crippen LogP contribution in [0, 0.1) is 6.07 Å². The number of fused-ring (bicyclic) bond motifs is 4. The van der Waals surface area contributed by atoms with Crippen LogP contribution < -0.4 is 0 Å². The van der Waals surface area contributed by atoms with Crippen molar-refractivity contribution in [3.63, 3.8) is 0 Å². The number of aromatic nitrogens is 5. The molecule has 3 aromatic carbocycles. The van der Waals surface area contributed by atoms with Crippen LogP contribution in [0.4, 0.5) is 0 Å². The predicted octanol–water partition coefficient (Wildman–Crippen LogP) is 4.40. The molecule has 1 radical (unpaired) electrons. The summed E-state index contributed by atoms with van der Waals surface area (Å²) in [5.74, 6) is -0.142. The van der Waals surface area contributed by atoms with Crippen molar-refractivity contribution in [3.8, 4) is 5.69 Å². The Labute approximate surface area is 196 Å². The number of hydrogen-bond donors (Lipinski definition) is 1. The molecular formula is C24H16IrN5O2-. The summed E-state index contributed by atoms with van der Waals surface area (Å²) in [7, 11) is 0. The number of imidazole rings is 2. The third-order valence-electron chi connectivity index (χ3n) is 4.91. The van der Waals surface area contributed by atoms with Gasteiger partial charge in [0.15, 0.2) is 5.69 Å². The number of para-hydroxylation sites is 2. The van der Waals surface area contributed by atoms with E-state index in [9.17, 15) is 4.79 Å². The summed E-state index contributed by atoms with van der Waals surface area (Å²) < 4.78 is 4.29. The van der Waals surface area contributed by atoms with Gasteiger partial charge in [-0.2, -0.15) is 18.2 Å². The zero-order valence-corrected chi connectivity index (χ0v) is 19.0. The first-order chi connectivity index (χ1) is 15.2. The van der Waals surface area contributed by atoms with Gasteiger partial charge < -0.3 is 9.67 Å². The standard InChI is InChI=1S/C19H12N3.C5H4N2O2.Ir/c1-2-8-15-14(6-1)7-5-11-16(15)22-18-10-4-3-9-17(18)21-13-12-20-19(21)22;8-5(9)4-3-6-1-2-7-4;/h1-10,12-13H;1-3H,(H,8,9);/q-1;;. The topological polar surface area (TPSA) is 85.3 Å². The quantitative estimate of drug-likeness (QED) is 0.299. The monoisotopic (exact) mass is 599 g/mol. The molecule has 3 aromatic heterocycles. The molecule has 1 N–H and O–H groups in total. The third kappa shape index (κ3) is 3.77. The summed E-state index contributed by atoms with van der Waals surface area (Å²) in [6, 6.07) is 24.2. The smallest absolute Gasteiger partial charge is 0.356 e. The van der Waals surface area contributed by atoms with Crippen molar-refractivity contribution in [3.05, 3.63) is 103 Å². The maximum Gasteiger partial charge on any atom is 0.356 e. The fraction of sp³-hybridized carbons (Fsp3) is 0. The minimum absolute atomic E-state index is 0. The van der Waals surface area contributed by atoms with E-state index in [1.165, 1.54) is 29.4 Å². The summed E-state index contributed by atoms with van der Waals surface area (Å²) in [5, 5.41) is 10.7. The van der Waals surface area contributed by atoms with Crippen molar-refractivity contribution in [1.29, 1.82) is 0 Å². The van der Waals surface area contributed by atoms with E-state index in [0.717, 1.165) is 22.5 Å². The van der Waals surface area contributed by atoms with Crippen LogP contribution >= 0.6 is 0 Å². The molecule has 32 heavy (non-hydrogen) atoms. The van der Waals surface area contributed by atoms with Crippen molar-refractivity contribution < 1.29 is 30.0 Å². The molecule has 6 aromatic rings. The molecule has 0 atom stereocenters. The molecule has 3 heterocycles. The number of benzene rings is 3. The number of carbonyl (C=O) groups is 1. The maximum absolute atomic E-state index is 10.1. The van der Waals surface area contributed by atoms with Crippen LogP contribution in [0.15, 0.2) is 91.6 Å². The zero-order chi connectivity index (χ0) is 21.2. The maximum atomic E-state index is 10.1. The Bertz CT molecular complexity index is 1520. The van der Waals surface area contributed by atoms with E-state index in [-0.39, 0.29) is 25.8 Å². The van der Waals surface area contributed by atoms with Gasteiger partial charge in [0.05, 0.1) is 17.2 Å². The summed E-state index contributed by atoms with van der Waals surface area (Å²) in [6.45, 7) is 0. The van der Waals surface area contributed by atoms with E-state index in [2.05, 4.69) is 84.6 Å². The van der Waals surface area contributed by atoms with Crippen LogP contribution in [0.3, 0.4) is 0 Å². The largest absolute Gasteiger partial charge is 0.476 e. The van der Waals surface area contributed by atoms with Crippen LogP contribution in [0.25, 0.3) is 33.3 Å². The van der Waals surface area contributed by atoms with Gasteiger partial charge in [-0.1, -0.05) is 36.0 Å². The summed E-state index contributed by atoms with van der Waals surface area (Å²) in [5.41, 5.74) is 3.29. The van der Waals surface area contributed by atoms with Crippen molar-refractivity contribution in [2.45, 2.75) is 0 Å². The second kappa shape index (κ2) is 9.09. The summed E-state index contributed by atoms with van der Waals surface area (Å²) >= 11 is 0. The van der Waals surface area contributed by atoms with Crippen molar-refractivity contribution in [1.82, 2.24) is 23.9 Å². The molecule has 0 saturated carbocycles. The molecule has 0 fully saturated rings. The van der Waals surface area contributed by atoms with Gasteiger partial charge in [0.2, 0.25) is 5.78 Å². The van der Waals surface area contributed by atoms with Crippen LogP contribution in [-0.4, -0.2) is 35.0 Å². The van der Waals surface area contributed by atoms with Crippen molar-refractivity contribution in [2.75, 3.05) is 0 Å². The molecule has 0 aliphatic heterocycles. The van der Waals surface area contributed by atoms with Gasteiger partial charge in [0, 0.05) is 44.9 Å². The van der Waals surface area contributed by atoms with Gasteiger partial charge in [-0.15, -0.1) is 16.8 Å². The molecule has 6 rings (SSSR count). The van der Waals surface area contributed by atoms with Crippen LogP contribution in [0.1, 0.15) is 10.5 Å². The molecule has 8 heteroatoms. The fourth-order valence-electron chi connectivity index (χ4n) is 3.57. The average Bonchev–Trinajstić information content (AvgIpc) is 3.41. The second-order valence-corrected chi connectivity index (χ2v) is 6.73. The Morgan fingerprint density at radius 1 is 0.906 bits per heavy atom. The first-order valence-electron chi connectivity index (χ1n) is 9.55. The molecule has 0 spiro atoms. The van der Waals surface area contributed by atoms with E-state index < -0.39 is 5.97 Å². The van der Waals surface area contributed by atoms with Gasteiger partial charge in [-0.05, 0) is 12.1 Å². The van der Waals surface area contributed by atoms with Crippen LogP contribution in [-0.2, 0) is 20.1 Å². The van der Waals surface area contributed by atoms with Gasteiger partial charge in [0.25, 0.3) is 0 Å². The Kier molecular flexibility index (Phi) is 6.07. The molecule has 0 amide bonds. The van der Waals surface area contributed by atoms with Crippen LogP contribution in [0.2, 0.25) is 0 Å². The minimum Gasteiger partial charge on any atom is -0.476 e. The average molecular weight is 599 g/mol. The molecular weight excluding hydrogens is 583 g/mol. The zero-order valence-electron chi connectivity index (χ0n) is 16.6. The fourth-order valence-corrected chi connectivity index (χ4v) is 3.57. The van der Waals surface area contributed by atoms with Crippen molar-refractivity contribution >= 4 is 33.6 Å². The minimum atomic E-state index is -1.05. The van der Waals surface area contributed by atoms with E-state index >= 15 is 0 Å². The summed E-state index contributed by atoms with van der Waals surface area (Å²) in [4.78, 5) is 21.7. The number of hydrogen-bond acceptors (Lipinski definition) is 4. The first-order valence-corrected chi connectivity index (χ1v) is 9.55. The molecule has 0 unspecified atom stereocenters. The second-order valence-electron chi connectivity index (χ2n) is 6.73. The normalized spacial score (nSPS) is 10.5. The van der Waals surface area contributed by atoms with E-state index in [1.807, 2.05) is 18.5 Å². The molecule has 0 bridgehead atoms. The summed E-state index contributed by atoms with van der Waals surface area (Å²) in [6.07, 6.45) is 7.79. The Balaban J connectivity index is 0.000000209. The Morgan fingerprint density at radius 3 is 2.44 bits per heavy atom. The van der Waals surface area contributed by atoms with Gasteiger partial charge in [-0.3, -0.25) is 9.38 Å². The van der Waals surface area contributed by atoms with Gasteiger partial charge in [0.1, 0.15) is 0 Å². The Morgan fingerprint density at radius 2 is 1.69 bits per heavy atom. The number of aromatic carboxylic acids is 1. The number of nitrogens with zero attached hydrogens (tertiary/aromatic N) is 5. The third-order valence-corrected chi connectivity index (χ3v) is 4.91. The van der Waals surface area contributed by atoms with E-state index in [1.54, 1.807) is 0 Å². The molecule has 0 aliphatic rings. The van der Waals surface area contributed by atoms with Crippen molar-refractivity contribution in [2.24, 2.45) is 0 Å². The van der Waals surface area contributed by atoms with E-state index in [4.69, 9.17) is 5.11 Å². The SMILES string of the molecule is O=C(O)c1cnccn1.[Ir].[c-]1ccc2ccccc2c1-n1c2ccccc2n2ccnc12. The van der Waals surface area contributed by atoms with E-state index in [0.29, 0.717) is 0 Å². The van der Waals surface area contributed by atoms with Gasteiger partial charge in [-0.25, -0.2) is 14.8 Å². The number of carboxylic acid groups (broad SMARTS) is 1. The molecule has 7 nitrogen and oxygen atoms in total. The number of rotatable bonds is 2. The van der Waals surface area contributed by atoms with Gasteiger partial charge >= 0.3 is 5.97 Å². The Hall–Kier alpha value is -3.87. The molecule has 0 aliphatic carbocycles. The molecule has 159 valence electrons. The van der Waals surface area contributed by atoms with Crippen LogP contribution in [0.5, 0.6) is 0 Å². The predicted molar refractivity (Wildman–Crippen MR) is 117 cm³/mol.